The van der Waals surface area contributed by atoms with E-state index in [-0.39, 0.29) is 0 Å². The molecule has 0 aliphatic heterocycles. The normalized spacial score (nSPS) is 11.1. The highest BCUT2D eigenvalue weighted by Gasteiger charge is 2.08. The molecule has 1 N–H and O–H groups in total. The molecule has 0 fully saturated rings. The molecule has 106 valence electrons. The summed E-state index contributed by atoms with van der Waals surface area (Å²) in [6.07, 6.45) is 3.90. The molecule has 0 aliphatic carbocycles. The van der Waals surface area contributed by atoms with Crippen molar-refractivity contribution in [1.82, 2.24) is 10.3 Å². The number of aryl methyl sites for hydroxylation is 3. The molecule has 20 heavy (non-hydrogen) atoms. The minimum atomic E-state index is 0.488. The van der Waals surface area contributed by atoms with Gasteiger partial charge in [0.15, 0.2) is 0 Å². The Balaban J connectivity index is 2.36. The Morgan fingerprint density at radius 2 is 1.65 bits per heavy atom. The van der Waals surface area contributed by atoms with Crippen LogP contribution in [0.3, 0.4) is 0 Å². The third-order valence-electron chi connectivity index (χ3n) is 3.48. The van der Waals surface area contributed by atoms with E-state index < -0.39 is 0 Å². The van der Waals surface area contributed by atoms with E-state index >= 15 is 0 Å². The van der Waals surface area contributed by atoms with E-state index in [1.54, 1.807) is 0 Å². The molecule has 1 aromatic heterocycles. The maximum absolute atomic E-state index is 4.40. The van der Waals surface area contributed by atoms with Crippen LogP contribution in [0.5, 0.6) is 0 Å². The summed E-state index contributed by atoms with van der Waals surface area (Å²) in [5, 5.41) is 3.44. The van der Waals surface area contributed by atoms with Crippen LogP contribution in [0.1, 0.15) is 36.1 Å². The summed E-state index contributed by atoms with van der Waals surface area (Å²) in [4.78, 5) is 4.40. The van der Waals surface area contributed by atoms with Gasteiger partial charge >= 0.3 is 0 Å². The van der Waals surface area contributed by atoms with Crippen molar-refractivity contribution in [1.29, 1.82) is 0 Å². The smallest absolute Gasteiger partial charge is 0.0346 e. The predicted octanol–water partition coefficient (Wildman–Crippen LogP) is 4.17. The van der Waals surface area contributed by atoms with Gasteiger partial charge in [0, 0.05) is 30.5 Å². The zero-order chi connectivity index (χ0) is 14.7. The van der Waals surface area contributed by atoms with E-state index in [2.05, 4.69) is 63.1 Å². The van der Waals surface area contributed by atoms with E-state index in [1.807, 2.05) is 12.4 Å². The average Bonchev–Trinajstić information content (AvgIpc) is 2.35. The van der Waals surface area contributed by atoms with Crippen LogP contribution in [0.4, 0.5) is 0 Å². The minimum absolute atomic E-state index is 0.488. The lowest BCUT2D eigenvalue weighted by molar-refractivity contribution is 0.588. The van der Waals surface area contributed by atoms with Crippen molar-refractivity contribution in [3.05, 3.63) is 52.8 Å². The molecule has 0 saturated heterocycles. The standard InChI is InChI=1S/C18H24N2/c1-12(2)20-10-16-8-17(11-19-9-16)18-14(4)6-13(3)7-15(18)5/h6-9,11-12,20H,10H2,1-5H3. The Morgan fingerprint density at radius 3 is 2.25 bits per heavy atom. The Bertz CT molecular complexity index is 577. The van der Waals surface area contributed by atoms with Gasteiger partial charge in [-0.2, -0.15) is 0 Å². The second kappa shape index (κ2) is 6.19. The fraction of sp³-hybridized carbons (Fsp3) is 0.389. The quantitative estimate of drug-likeness (QED) is 0.900. The van der Waals surface area contributed by atoms with Gasteiger partial charge in [-0.15, -0.1) is 0 Å². The van der Waals surface area contributed by atoms with Gasteiger partial charge in [-0.3, -0.25) is 4.98 Å². The zero-order valence-electron chi connectivity index (χ0n) is 13.1. The molecule has 1 aromatic carbocycles. The van der Waals surface area contributed by atoms with Crippen LogP contribution in [-0.2, 0) is 6.54 Å². The minimum Gasteiger partial charge on any atom is -0.310 e. The van der Waals surface area contributed by atoms with Crippen molar-refractivity contribution < 1.29 is 0 Å². The van der Waals surface area contributed by atoms with E-state index in [0.29, 0.717) is 6.04 Å². The highest BCUT2D eigenvalue weighted by atomic mass is 14.9. The van der Waals surface area contributed by atoms with E-state index in [0.717, 1.165) is 6.54 Å². The third-order valence-corrected chi connectivity index (χ3v) is 3.48. The van der Waals surface area contributed by atoms with Crippen molar-refractivity contribution in [3.63, 3.8) is 0 Å². The molecule has 0 amide bonds. The number of rotatable bonds is 4. The molecule has 0 radical (unpaired) electrons. The Hall–Kier alpha value is -1.67. The molecular formula is C18H24N2. The Morgan fingerprint density at radius 1 is 1.00 bits per heavy atom. The average molecular weight is 268 g/mol. The number of benzene rings is 1. The van der Waals surface area contributed by atoms with E-state index in [9.17, 15) is 0 Å². The van der Waals surface area contributed by atoms with Crippen molar-refractivity contribution in [3.8, 4) is 11.1 Å². The van der Waals surface area contributed by atoms with Crippen LogP contribution in [0.2, 0.25) is 0 Å². The van der Waals surface area contributed by atoms with Gasteiger partial charge < -0.3 is 5.32 Å². The Labute approximate surface area is 122 Å². The fourth-order valence-electron chi connectivity index (χ4n) is 2.68. The molecule has 0 unspecified atom stereocenters. The number of nitrogens with one attached hydrogen (secondary N) is 1. The first-order chi connectivity index (χ1) is 9.47. The molecule has 2 nitrogen and oxygen atoms in total. The molecule has 2 rings (SSSR count). The number of hydrogen-bond donors (Lipinski definition) is 1. The van der Waals surface area contributed by atoms with Gasteiger partial charge in [0.25, 0.3) is 0 Å². The first-order valence-electron chi connectivity index (χ1n) is 7.23. The predicted molar refractivity (Wildman–Crippen MR) is 85.9 cm³/mol. The van der Waals surface area contributed by atoms with E-state index in [1.165, 1.54) is 33.4 Å². The monoisotopic (exact) mass is 268 g/mol. The van der Waals surface area contributed by atoms with Crippen LogP contribution < -0.4 is 5.32 Å². The van der Waals surface area contributed by atoms with Crippen molar-refractivity contribution in [2.45, 2.75) is 47.2 Å². The summed E-state index contributed by atoms with van der Waals surface area (Å²) in [7, 11) is 0. The van der Waals surface area contributed by atoms with Crippen LogP contribution in [-0.4, -0.2) is 11.0 Å². The number of pyridine rings is 1. The summed E-state index contributed by atoms with van der Waals surface area (Å²) in [6.45, 7) is 11.7. The topological polar surface area (TPSA) is 24.9 Å². The summed E-state index contributed by atoms with van der Waals surface area (Å²) in [5.41, 5.74) is 7.71. The first kappa shape index (κ1) is 14.7. The Kier molecular flexibility index (Phi) is 4.56. The molecule has 2 heteroatoms. The fourth-order valence-corrected chi connectivity index (χ4v) is 2.68. The van der Waals surface area contributed by atoms with E-state index in [4.69, 9.17) is 0 Å². The zero-order valence-corrected chi connectivity index (χ0v) is 13.1. The van der Waals surface area contributed by atoms with Crippen LogP contribution >= 0.6 is 0 Å². The summed E-state index contributed by atoms with van der Waals surface area (Å²) < 4.78 is 0. The lowest BCUT2D eigenvalue weighted by Crippen LogP contribution is -2.21. The molecule has 1 heterocycles. The SMILES string of the molecule is Cc1cc(C)c(-c2cncc(CNC(C)C)c2)c(C)c1. The summed E-state index contributed by atoms with van der Waals surface area (Å²) in [5.74, 6) is 0. The van der Waals surface area contributed by atoms with Gasteiger partial charge in [-0.1, -0.05) is 31.5 Å². The molecule has 0 spiro atoms. The molecule has 0 bridgehead atoms. The van der Waals surface area contributed by atoms with Gasteiger partial charge in [-0.05, 0) is 49.1 Å². The van der Waals surface area contributed by atoms with Crippen LogP contribution in [0, 0.1) is 20.8 Å². The molecule has 0 saturated carbocycles. The first-order valence-corrected chi connectivity index (χ1v) is 7.23. The highest BCUT2D eigenvalue weighted by molar-refractivity contribution is 5.71. The highest BCUT2D eigenvalue weighted by Crippen LogP contribution is 2.28. The van der Waals surface area contributed by atoms with Crippen LogP contribution in [0.25, 0.3) is 11.1 Å². The number of aromatic nitrogens is 1. The maximum Gasteiger partial charge on any atom is 0.0346 e. The van der Waals surface area contributed by atoms with Gasteiger partial charge in [-0.25, -0.2) is 0 Å². The largest absolute Gasteiger partial charge is 0.310 e. The van der Waals surface area contributed by atoms with Gasteiger partial charge in [0.1, 0.15) is 0 Å². The van der Waals surface area contributed by atoms with Crippen molar-refractivity contribution >= 4 is 0 Å². The second-order valence-corrected chi connectivity index (χ2v) is 5.89. The lowest BCUT2D eigenvalue weighted by atomic mass is 9.94. The molecular weight excluding hydrogens is 244 g/mol. The summed E-state index contributed by atoms with van der Waals surface area (Å²) in [6, 6.07) is 7.21. The summed E-state index contributed by atoms with van der Waals surface area (Å²) >= 11 is 0. The molecule has 2 aromatic rings. The van der Waals surface area contributed by atoms with Crippen LogP contribution in [0.15, 0.2) is 30.6 Å². The van der Waals surface area contributed by atoms with Gasteiger partial charge in [0.05, 0.1) is 0 Å². The number of hydrogen-bond acceptors (Lipinski definition) is 2. The van der Waals surface area contributed by atoms with Gasteiger partial charge in [0.2, 0.25) is 0 Å². The lowest BCUT2D eigenvalue weighted by Gasteiger charge is -2.13. The van der Waals surface area contributed by atoms with Crippen molar-refractivity contribution in [2.75, 3.05) is 0 Å². The van der Waals surface area contributed by atoms with Crippen molar-refractivity contribution in [2.24, 2.45) is 0 Å². The number of nitrogens with zero attached hydrogens (tertiary/aromatic N) is 1. The molecule has 0 aliphatic rings. The second-order valence-electron chi connectivity index (χ2n) is 5.89. The molecule has 0 atom stereocenters. The third kappa shape index (κ3) is 3.45. The maximum atomic E-state index is 4.40.